The number of amides is 1. The highest BCUT2D eigenvalue weighted by Crippen LogP contribution is 2.32. The van der Waals surface area contributed by atoms with Crippen LogP contribution in [-0.4, -0.2) is 21.7 Å². The van der Waals surface area contributed by atoms with Crippen molar-refractivity contribution in [3.05, 3.63) is 53.1 Å². The Kier molecular flexibility index (Phi) is 4.99. The fourth-order valence-corrected chi connectivity index (χ4v) is 2.91. The van der Waals surface area contributed by atoms with Crippen LogP contribution in [0.4, 0.5) is 5.69 Å². The van der Waals surface area contributed by atoms with Gasteiger partial charge in [0.25, 0.3) is 5.91 Å². The van der Waals surface area contributed by atoms with Crippen LogP contribution in [0.5, 0.6) is 0 Å². The first-order valence-electron chi connectivity index (χ1n) is 8.26. The minimum Gasteiger partial charge on any atom is -0.382 e. The van der Waals surface area contributed by atoms with E-state index in [4.69, 9.17) is 16.8 Å². The Bertz CT molecular complexity index is 933. The third kappa shape index (κ3) is 3.57. The molecule has 0 aliphatic heterocycles. The van der Waals surface area contributed by atoms with E-state index in [0.29, 0.717) is 11.3 Å². The van der Waals surface area contributed by atoms with E-state index in [1.807, 2.05) is 12.1 Å². The number of nitrogens with zero attached hydrogens (tertiary/aromatic N) is 3. The number of nitrogens with one attached hydrogen (secondary N) is 2. The molecule has 1 aromatic carbocycles. The van der Waals surface area contributed by atoms with Gasteiger partial charge in [-0.15, -0.1) is 0 Å². The van der Waals surface area contributed by atoms with E-state index in [0.717, 1.165) is 36.8 Å². The number of rotatable bonds is 4. The number of hydrogen-bond acceptors (Lipinski definition) is 5. The number of benzene rings is 1. The maximum absolute atomic E-state index is 12.5. The van der Waals surface area contributed by atoms with Crippen molar-refractivity contribution in [3.8, 4) is 6.07 Å². The molecule has 6 N–H and O–H groups in total. The standard InChI is InChI=1S/C18H19N7O/c19-9-13-10-22-17(23-13)18(26)24-15-7-6-12(16(20)25-21)8-14(15)11-4-2-1-3-5-11/h4,6-8,10H,1-3,5,21H2,(H2,20,25)(H,22,23)(H,24,26). The van der Waals surface area contributed by atoms with Crippen LogP contribution in [0.25, 0.3) is 5.57 Å². The first kappa shape index (κ1) is 17.2. The van der Waals surface area contributed by atoms with Gasteiger partial charge in [-0.2, -0.15) is 10.4 Å². The van der Waals surface area contributed by atoms with Crippen molar-refractivity contribution in [1.82, 2.24) is 9.97 Å². The summed E-state index contributed by atoms with van der Waals surface area (Å²) in [4.78, 5) is 19.0. The Hall–Kier alpha value is -3.60. The fourth-order valence-electron chi connectivity index (χ4n) is 2.91. The molecule has 0 spiro atoms. The summed E-state index contributed by atoms with van der Waals surface area (Å²) in [5.41, 5.74) is 9.42. The highest BCUT2D eigenvalue weighted by Gasteiger charge is 2.17. The zero-order valence-electron chi connectivity index (χ0n) is 14.1. The number of carbonyl (C=O) groups excluding carboxylic acids is 1. The molecule has 0 saturated carbocycles. The van der Waals surface area contributed by atoms with Crippen LogP contribution in [0.2, 0.25) is 0 Å². The molecule has 1 heterocycles. The van der Waals surface area contributed by atoms with Crippen LogP contribution < -0.4 is 16.9 Å². The molecule has 2 aromatic rings. The first-order chi connectivity index (χ1) is 12.6. The van der Waals surface area contributed by atoms with E-state index in [1.165, 1.54) is 6.20 Å². The Labute approximate surface area is 150 Å². The van der Waals surface area contributed by atoms with Crippen LogP contribution in [0.1, 0.15) is 53.1 Å². The molecular formula is C18H19N7O. The fraction of sp³-hybridized carbons (Fsp3) is 0.222. The largest absolute Gasteiger partial charge is 0.382 e. The van der Waals surface area contributed by atoms with E-state index in [-0.39, 0.29) is 17.4 Å². The summed E-state index contributed by atoms with van der Waals surface area (Å²) in [7, 11) is 0. The van der Waals surface area contributed by atoms with Gasteiger partial charge in [0.05, 0.1) is 6.20 Å². The predicted octanol–water partition coefficient (Wildman–Crippen LogP) is 2.07. The van der Waals surface area contributed by atoms with Crippen molar-refractivity contribution >= 4 is 23.0 Å². The van der Waals surface area contributed by atoms with Crippen molar-refractivity contribution in [3.63, 3.8) is 0 Å². The average molecular weight is 349 g/mol. The van der Waals surface area contributed by atoms with Gasteiger partial charge in [0, 0.05) is 16.8 Å². The Morgan fingerprint density at radius 2 is 2.23 bits per heavy atom. The lowest BCUT2D eigenvalue weighted by Crippen LogP contribution is -2.18. The summed E-state index contributed by atoms with van der Waals surface area (Å²) in [5, 5.41) is 15.2. The first-order valence-corrected chi connectivity index (χ1v) is 8.26. The second-order valence-electron chi connectivity index (χ2n) is 5.96. The highest BCUT2D eigenvalue weighted by atomic mass is 16.2. The van der Waals surface area contributed by atoms with Crippen molar-refractivity contribution in [2.45, 2.75) is 25.7 Å². The number of hydrazone groups is 1. The summed E-state index contributed by atoms with van der Waals surface area (Å²) in [6, 6.07) is 7.30. The zero-order chi connectivity index (χ0) is 18.5. The smallest absolute Gasteiger partial charge is 0.291 e. The van der Waals surface area contributed by atoms with Gasteiger partial charge in [0.1, 0.15) is 17.6 Å². The summed E-state index contributed by atoms with van der Waals surface area (Å²) < 4.78 is 0. The molecule has 1 amide bonds. The van der Waals surface area contributed by atoms with E-state index in [2.05, 4.69) is 26.5 Å². The number of H-pyrrole nitrogens is 1. The van der Waals surface area contributed by atoms with E-state index < -0.39 is 5.91 Å². The Balaban J connectivity index is 1.96. The van der Waals surface area contributed by atoms with Crippen LogP contribution in [0.15, 0.2) is 35.6 Å². The van der Waals surface area contributed by atoms with Gasteiger partial charge in [-0.05, 0) is 49.5 Å². The van der Waals surface area contributed by atoms with Crippen LogP contribution in [0.3, 0.4) is 0 Å². The number of imidazole rings is 1. The topological polar surface area (TPSA) is 146 Å². The summed E-state index contributed by atoms with van der Waals surface area (Å²) >= 11 is 0. The third-order valence-corrected chi connectivity index (χ3v) is 4.25. The number of nitrogens with two attached hydrogens (primary N) is 2. The van der Waals surface area contributed by atoms with Gasteiger partial charge in [-0.1, -0.05) is 6.08 Å². The predicted molar refractivity (Wildman–Crippen MR) is 99.1 cm³/mol. The molecule has 1 aliphatic carbocycles. The van der Waals surface area contributed by atoms with Gasteiger partial charge in [0.2, 0.25) is 0 Å². The molecule has 0 bridgehead atoms. The SMILES string of the molecule is N#Cc1cnc(C(=O)Nc2ccc(/C(N)=N/N)cc2C2=CCCCC2)[nH]1. The van der Waals surface area contributed by atoms with Gasteiger partial charge in [-0.3, -0.25) is 4.79 Å². The number of carbonyl (C=O) groups is 1. The molecular weight excluding hydrogens is 330 g/mol. The van der Waals surface area contributed by atoms with Crippen LogP contribution in [0, 0.1) is 11.3 Å². The Morgan fingerprint density at radius 1 is 1.38 bits per heavy atom. The minimum atomic E-state index is -0.419. The molecule has 8 heteroatoms. The van der Waals surface area contributed by atoms with E-state index in [9.17, 15) is 4.79 Å². The van der Waals surface area contributed by atoms with Crippen molar-refractivity contribution < 1.29 is 4.79 Å². The third-order valence-electron chi connectivity index (χ3n) is 4.25. The normalized spacial score (nSPS) is 14.4. The Morgan fingerprint density at radius 3 is 2.88 bits per heavy atom. The number of anilines is 1. The molecule has 3 rings (SSSR count). The van der Waals surface area contributed by atoms with E-state index in [1.54, 1.807) is 12.1 Å². The molecule has 8 nitrogen and oxygen atoms in total. The molecule has 0 atom stereocenters. The minimum absolute atomic E-state index is 0.0808. The lowest BCUT2D eigenvalue weighted by Gasteiger charge is -2.18. The second-order valence-corrected chi connectivity index (χ2v) is 5.96. The maximum atomic E-state index is 12.5. The maximum Gasteiger partial charge on any atom is 0.291 e. The van der Waals surface area contributed by atoms with Crippen LogP contribution in [-0.2, 0) is 0 Å². The number of allylic oxidation sites excluding steroid dienone is 2. The van der Waals surface area contributed by atoms with Crippen LogP contribution >= 0.6 is 0 Å². The molecule has 132 valence electrons. The van der Waals surface area contributed by atoms with Crippen molar-refractivity contribution in [2.75, 3.05) is 5.32 Å². The number of amidine groups is 1. The van der Waals surface area contributed by atoms with Crippen molar-refractivity contribution in [1.29, 1.82) is 5.26 Å². The molecule has 0 saturated heterocycles. The summed E-state index contributed by atoms with van der Waals surface area (Å²) in [5.74, 6) is 5.17. The zero-order valence-corrected chi connectivity index (χ0v) is 14.1. The molecule has 1 aliphatic rings. The van der Waals surface area contributed by atoms with E-state index >= 15 is 0 Å². The van der Waals surface area contributed by atoms with Gasteiger partial charge in [0.15, 0.2) is 5.82 Å². The monoisotopic (exact) mass is 349 g/mol. The number of aromatic nitrogens is 2. The number of hydrogen-bond donors (Lipinski definition) is 4. The van der Waals surface area contributed by atoms with Gasteiger partial charge >= 0.3 is 0 Å². The number of nitriles is 1. The lowest BCUT2D eigenvalue weighted by molar-refractivity contribution is 0.101. The number of aromatic amines is 1. The summed E-state index contributed by atoms with van der Waals surface area (Å²) in [6.45, 7) is 0. The average Bonchev–Trinajstić information content (AvgIpc) is 3.18. The molecule has 0 radical (unpaired) electrons. The van der Waals surface area contributed by atoms with Gasteiger partial charge in [-0.25, -0.2) is 4.98 Å². The van der Waals surface area contributed by atoms with Gasteiger partial charge < -0.3 is 21.9 Å². The summed E-state index contributed by atoms with van der Waals surface area (Å²) in [6.07, 6.45) is 7.66. The quantitative estimate of drug-likeness (QED) is 0.289. The molecule has 0 unspecified atom stereocenters. The molecule has 0 fully saturated rings. The van der Waals surface area contributed by atoms with Crippen molar-refractivity contribution in [2.24, 2.45) is 16.7 Å². The lowest BCUT2D eigenvalue weighted by atomic mass is 9.91. The highest BCUT2D eigenvalue weighted by molar-refractivity contribution is 6.04. The molecule has 26 heavy (non-hydrogen) atoms. The molecule has 1 aromatic heterocycles. The second kappa shape index (κ2) is 7.53.